The number of rotatable bonds is 4. The van der Waals surface area contributed by atoms with Gasteiger partial charge in [-0.1, -0.05) is 49.3 Å². The Balaban J connectivity index is 1.52. The molecule has 2 aromatic heterocycles. The second-order valence-electron chi connectivity index (χ2n) is 9.61. The number of carbonyl (C=O) groups excluding carboxylic acids is 2. The van der Waals surface area contributed by atoms with Gasteiger partial charge in [-0.15, -0.1) is 0 Å². The van der Waals surface area contributed by atoms with Crippen LogP contribution >= 0.6 is 24.0 Å². The molecule has 9 nitrogen and oxygen atoms in total. The van der Waals surface area contributed by atoms with Crippen LogP contribution in [0.2, 0.25) is 0 Å². The van der Waals surface area contributed by atoms with Gasteiger partial charge in [0.15, 0.2) is 0 Å². The van der Waals surface area contributed by atoms with Crippen LogP contribution in [0.5, 0.6) is 0 Å². The molecule has 11 heteroatoms. The Labute approximate surface area is 225 Å². The number of nitrogens with zero attached hydrogens (tertiary/aromatic N) is 5. The van der Waals surface area contributed by atoms with Crippen LogP contribution < -0.4 is 10.5 Å². The number of fused-ring (bicyclic) bond motifs is 1. The molecule has 1 saturated carbocycles. The number of anilines is 1. The third kappa shape index (κ3) is 5.11. The van der Waals surface area contributed by atoms with Crippen molar-refractivity contribution in [3.63, 3.8) is 0 Å². The third-order valence-corrected chi connectivity index (χ3v) is 8.46. The summed E-state index contributed by atoms with van der Waals surface area (Å²) in [6, 6.07) is 3.86. The van der Waals surface area contributed by atoms with Crippen molar-refractivity contribution in [3.05, 3.63) is 44.7 Å². The van der Waals surface area contributed by atoms with Crippen molar-refractivity contribution >= 4 is 57.8 Å². The molecule has 5 rings (SSSR count). The maximum Gasteiger partial charge on any atom is 0.409 e. The summed E-state index contributed by atoms with van der Waals surface area (Å²) >= 11 is 6.86. The zero-order valence-electron chi connectivity index (χ0n) is 21.1. The Morgan fingerprint density at radius 1 is 1.16 bits per heavy atom. The number of pyridine rings is 1. The van der Waals surface area contributed by atoms with E-state index in [0.717, 1.165) is 31.2 Å². The van der Waals surface area contributed by atoms with Crippen LogP contribution in [0, 0.1) is 6.92 Å². The topological polar surface area (TPSA) is 87.5 Å². The standard InChI is InChI=1S/C26H31N5O4S2/c1-3-35-25(34)29-13-11-28(12-14-29)22-19(23(32)30-16-17(2)9-10-21(30)27-22)15-20-24(33)31(26(36)37-20)18-7-5-4-6-8-18/h9-10,15-16,18H,3-8,11-14H2,1-2H3/b20-15+. The molecule has 2 aliphatic heterocycles. The van der Waals surface area contributed by atoms with E-state index in [9.17, 15) is 14.4 Å². The number of thioether (sulfide) groups is 1. The fourth-order valence-electron chi connectivity index (χ4n) is 5.19. The SMILES string of the molecule is CCOC(=O)N1CCN(c2nc3ccc(C)cn3c(=O)c2/C=C2/SC(=S)N(C3CCCCC3)C2=O)CC1. The predicted octanol–water partition coefficient (Wildman–Crippen LogP) is 3.82. The largest absolute Gasteiger partial charge is 0.450 e. The van der Waals surface area contributed by atoms with Gasteiger partial charge in [-0.2, -0.15) is 0 Å². The zero-order chi connectivity index (χ0) is 26.1. The minimum Gasteiger partial charge on any atom is -0.450 e. The van der Waals surface area contributed by atoms with Crippen LogP contribution in [0.1, 0.15) is 50.2 Å². The van der Waals surface area contributed by atoms with Crippen LogP contribution in [0.25, 0.3) is 11.7 Å². The van der Waals surface area contributed by atoms with Gasteiger partial charge < -0.3 is 14.5 Å². The van der Waals surface area contributed by atoms with Gasteiger partial charge in [0.05, 0.1) is 17.1 Å². The Morgan fingerprint density at radius 3 is 2.59 bits per heavy atom. The van der Waals surface area contributed by atoms with Crippen LogP contribution in [0.4, 0.5) is 10.6 Å². The summed E-state index contributed by atoms with van der Waals surface area (Å²) < 4.78 is 7.22. The van der Waals surface area contributed by atoms with Gasteiger partial charge >= 0.3 is 6.09 Å². The van der Waals surface area contributed by atoms with Crippen LogP contribution in [-0.4, -0.2) is 74.3 Å². The van der Waals surface area contributed by atoms with Gasteiger partial charge in [-0.3, -0.25) is 18.9 Å². The van der Waals surface area contributed by atoms with Crippen molar-refractivity contribution in [2.45, 2.75) is 52.0 Å². The quantitative estimate of drug-likeness (QED) is 0.427. The van der Waals surface area contributed by atoms with E-state index >= 15 is 0 Å². The van der Waals surface area contributed by atoms with Gasteiger partial charge in [-0.05, 0) is 44.4 Å². The molecule has 3 fully saturated rings. The van der Waals surface area contributed by atoms with Crippen LogP contribution in [0.15, 0.2) is 28.0 Å². The molecule has 0 spiro atoms. The number of aryl methyl sites for hydroxylation is 1. The lowest BCUT2D eigenvalue weighted by atomic mass is 9.94. The molecular formula is C26H31N5O4S2. The first-order chi connectivity index (χ1) is 17.9. The van der Waals surface area contributed by atoms with E-state index in [0.29, 0.717) is 59.0 Å². The highest BCUT2D eigenvalue weighted by molar-refractivity contribution is 8.26. The first kappa shape index (κ1) is 25.7. The van der Waals surface area contributed by atoms with Gasteiger partial charge in [0, 0.05) is 38.4 Å². The molecule has 2 amide bonds. The minimum atomic E-state index is -0.337. The molecule has 0 N–H and O–H groups in total. The Kier molecular flexibility index (Phi) is 7.52. The van der Waals surface area contributed by atoms with Gasteiger partial charge in [-0.25, -0.2) is 9.78 Å². The molecule has 1 aliphatic carbocycles. The van der Waals surface area contributed by atoms with E-state index in [-0.39, 0.29) is 23.6 Å². The molecule has 0 atom stereocenters. The molecular weight excluding hydrogens is 510 g/mol. The summed E-state index contributed by atoms with van der Waals surface area (Å²) in [6.45, 7) is 5.93. The summed E-state index contributed by atoms with van der Waals surface area (Å²) in [4.78, 5) is 50.1. The lowest BCUT2D eigenvalue weighted by Gasteiger charge is -2.35. The number of ether oxygens (including phenoxy) is 1. The highest BCUT2D eigenvalue weighted by Gasteiger charge is 2.38. The molecule has 37 heavy (non-hydrogen) atoms. The monoisotopic (exact) mass is 541 g/mol. The summed E-state index contributed by atoms with van der Waals surface area (Å²) in [6.07, 6.45) is 8.38. The van der Waals surface area contributed by atoms with E-state index in [2.05, 4.69) is 0 Å². The minimum absolute atomic E-state index is 0.126. The number of piperazine rings is 1. The molecule has 3 aliphatic rings. The van der Waals surface area contributed by atoms with E-state index in [1.807, 2.05) is 24.0 Å². The Bertz CT molecular complexity index is 1330. The molecule has 196 valence electrons. The summed E-state index contributed by atoms with van der Waals surface area (Å²) in [7, 11) is 0. The first-order valence-electron chi connectivity index (χ1n) is 12.8. The fourth-order valence-corrected chi connectivity index (χ4v) is 6.58. The van der Waals surface area contributed by atoms with E-state index < -0.39 is 0 Å². The van der Waals surface area contributed by atoms with E-state index in [4.69, 9.17) is 21.9 Å². The Morgan fingerprint density at radius 2 is 1.89 bits per heavy atom. The average Bonchev–Trinajstić information content (AvgIpc) is 3.19. The highest BCUT2D eigenvalue weighted by atomic mass is 32.2. The summed E-state index contributed by atoms with van der Waals surface area (Å²) in [5.41, 5.74) is 1.59. The normalized spacial score (nSPS) is 20.4. The van der Waals surface area contributed by atoms with Gasteiger partial charge in [0.25, 0.3) is 11.5 Å². The summed E-state index contributed by atoms with van der Waals surface area (Å²) in [5.74, 6) is 0.383. The van der Waals surface area contributed by atoms with Gasteiger partial charge in [0.2, 0.25) is 0 Å². The predicted molar refractivity (Wildman–Crippen MR) is 149 cm³/mol. The van der Waals surface area contributed by atoms with Crippen molar-refractivity contribution < 1.29 is 14.3 Å². The number of aromatic nitrogens is 2. The first-order valence-corrected chi connectivity index (χ1v) is 14.1. The smallest absolute Gasteiger partial charge is 0.409 e. The van der Waals surface area contributed by atoms with E-state index in [1.165, 1.54) is 22.6 Å². The van der Waals surface area contributed by atoms with Crippen molar-refractivity contribution in [3.8, 4) is 0 Å². The maximum atomic E-state index is 13.8. The number of hydrogen-bond acceptors (Lipinski definition) is 8. The molecule has 0 aromatic carbocycles. The second-order valence-corrected chi connectivity index (χ2v) is 11.3. The lowest BCUT2D eigenvalue weighted by molar-refractivity contribution is -0.124. The van der Waals surface area contributed by atoms with Crippen LogP contribution in [-0.2, 0) is 9.53 Å². The maximum absolute atomic E-state index is 13.8. The number of carbonyl (C=O) groups is 2. The van der Waals surface area contributed by atoms with Crippen molar-refractivity contribution in [2.24, 2.45) is 0 Å². The van der Waals surface area contributed by atoms with Gasteiger partial charge in [0.1, 0.15) is 15.8 Å². The number of thiocarbonyl (C=S) groups is 1. The molecule has 0 radical (unpaired) electrons. The molecule has 0 bridgehead atoms. The molecule has 2 aromatic rings. The summed E-state index contributed by atoms with van der Waals surface area (Å²) in [5, 5.41) is 0. The van der Waals surface area contributed by atoms with E-state index in [1.54, 1.807) is 29.0 Å². The number of amides is 2. The fraction of sp³-hybridized carbons (Fsp3) is 0.500. The van der Waals surface area contributed by atoms with Crippen LogP contribution in [0.3, 0.4) is 0 Å². The highest BCUT2D eigenvalue weighted by Crippen LogP contribution is 2.37. The zero-order valence-corrected chi connectivity index (χ0v) is 22.8. The average molecular weight is 542 g/mol. The molecule has 2 saturated heterocycles. The molecule has 4 heterocycles. The second kappa shape index (κ2) is 10.8. The van der Waals surface area contributed by atoms with Crippen molar-refractivity contribution in [1.29, 1.82) is 0 Å². The lowest BCUT2D eigenvalue weighted by Crippen LogP contribution is -2.49. The van der Waals surface area contributed by atoms with Crippen molar-refractivity contribution in [1.82, 2.24) is 19.2 Å². The number of hydrogen-bond donors (Lipinski definition) is 0. The third-order valence-electron chi connectivity index (χ3n) is 7.13. The Hall–Kier alpha value is -2.92. The molecule has 0 unspecified atom stereocenters. The van der Waals surface area contributed by atoms with Crippen molar-refractivity contribution in [2.75, 3.05) is 37.7 Å².